The maximum absolute atomic E-state index is 11.9. The van der Waals surface area contributed by atoms with Gasteiger partial charge in [-0.05, 0) is 25.2 Å². The Hall–Kier alpha value is -1.44. The molecule has 0 atom stereocenters. The van der Waals surface area contributed by atoms with E-state index in [0.717, 1.165) is 4.31 Å². The number of likely N-dealkylation sites (N-methyl/N-ethyl adjacent to an activating group) is 1. The molecule has 0 saturated heterocycles. The Bertz CT molecular complexity index is 526. The summed E-state index contributed by atoms with van der Waals surface area (Å²) in [4.78, 5) is 11.5. The van der Waals surface area contributed by atoms with Gasteiger partial charge in [0, 0.05) is 19.8 Å². The van der Waals surface area contributed by atoms with Crippen molar-refractivity contribution in [2.24, 2.45) is 0 Å². The first-order valence-electron chi connectivity index (χ1n) is 5.35. The van der Waals surface area contributed by atoms with Crippen LogP contribution in [0.15, 0.2) is 29.2 Å². The van der Waals surface area contributed by atoms with Gasteiger partial charge in [-0.25, -0.2) is 12.7 Å². The zero-order valence-corrected chi connectivity index (χ0v) is 11.4. The van der Waals surface area contributed by atoms with Crippen LogP contribution in [-0.2, 0) is 14.8 Å². The van der Waals surface area contributed by atoms with E-state index in [0.29, 0.717) is 5.69 Å². The molecule has 0 radical (unpaired) electrons. The van der Waals surface area contributed by atoms with E-state index in [1.807, 2.05) is 0 Å². The van der Waals surface area contributed by atoms with Gasteiger partial charge in [-0.15, -0.1) is 0 Å². The molecule has 0 spiro atoms. The van der Waals surface area contributed by atoms with Crippen LogP contribution in [-0.4, -0.2) is 46.3 Å². The SMILES string of the molecule is CNCC(=O)Nc1cccc(S(=O)(=O)N(C)C)c1. The molecule has 0 unspecified atom stereocenters. The van der Waals surface area contributed by atoms with Gasteiger partial charge in [0.25, 0.3) is 0 Å². The average Bonchev–Trinajstić information content (AvgIpc) is 2.29. The first kappa shape index (κ1) is 14.6. The molecular formula is C11H17N3O3S. The summed E-state index contributed by atoms with van der Waals surface area (Å²) in [5, 5.41) is 5.32. The van der Waals surface area contributed by atoms with E-state index in [-0.39, 0.29) is 17.3 Å². The molecule has 1 amide bonds. The third kappa shape index (κ3) is 3.52. The lowest BCUT2D eigenvalue weighted by Crippen LogP contribution is -2.25. The van der Waals surface area contributed by atoms with Crippen molar-refractivity contribution in [1.29, 1.82) is 0 Å². The van der Waals surface area contributed by atoms with Gasteiger partial charge in [-0.2, -0.15) is 0 Å². The number of rotatable bonds is 5. The summed E-state index contributed by atoms with van der Waals surface area (Å²) in [5.74, 6) is -0.225. The zero-order chi connectivity index (χ0) is 13.8. The molecule has 100 valence electrons. The highest BCUT2D eigenvalue weighted by Gasteiger charge is 2.17. The fraction of sp³-hybridized carbons (Fsp3) is 0.364. The van der Waals surface area contributed by atoms with Crippen molar-refractivity contribution < 1.29 is 13.2 Å². The van der Waals surface area contributed by atoms with Gasteiger partial charge in [0.15, 0.2) is 0 Å². The molecule has 18 heavy (non-hydrogen) atoms. The van der Waals surface area contributed by atoms with Crippen LogP contribution in [0.25, 0.3) is 0 Å². The fourth-order valence-corrected chi connectivity index (χ4v) is 2.26. The Balaban J connectivity index is 2.97. The molecule has 0 aliphatic rings. The first-order chi connectivity index (χ1) is 8.37. The number of anilines is 1. The van der Waals surface area contributed by atoms with E-state index in [1.54, 1.807) is 19.2 Å². The molecule has 1 rings (SSSR count). The maximum atomic E-state index is 11.9. The Morgan fingerprint density at radius 2 is 2.00 bits per heavy atom. The lowest BCUT2D eigenvalue weighted by atomic mass is 10.3. The summed E-state index contributed by atoms with van der Waals surface area (Å²) < 4.78 is 24.9. The van der Waals surface area contributed by atoms with E-state index < -0.39 is 10.0 Å². The normalized spacial score (nSPS) is 11.6. The smallest absolute Gasteiger partial charge is 0.242 e. The van der Waals surface area contributed by atoms with Crippen molar-refractivity contribution in [3.05, 3.63) is 24.3 Å². The van der Waals surface area contributed by atoms with Crippen LogP contribution in [0.2, 0.25) is 0 Å². The van der Waals surface area contributed by atoms with Gasteiger partial charge in [-0.3, -0.25) is 4.79 Å². The number of amides is 1. The molecule has 7 heteroatoms. The van der Waals surface area contributed by atoms with Crippen LogP contribution in [0, 0.1) is 0 Å². The van der Waals surface area contributed by atoms with Crippen LogP contribution in [0.4, 0.5) is 5.69 Å². The van der Waals surface area contributed by atoms with Crippen LogP contribution in [0.3, 0.4) is 0 Å². The van der Waals surface area contributed by atoms with Crippen molar-refractivity contribution >= 4 is 21.6 Å². The third-order valence-corrected chi connectivity index (χ3v) is 4.04. The number of hydrogen-bond acceptors (Lipinski definition) is 4. The largest absolute Gasteiger partial charge is 0.325 e. The Morgan fingerprint density at radius 3 is 2.56 bits per heavy atom. The highest BCUT2D eigenvalue weighted by Crippen LogP contribution is 2.17. The van der Waals surface area contributed by atoms with Crippen molar-refractivity contribution in [1.82, 2.24) is 9.62 Å². The Kier molecular flexibility index (Phi) is 4.83. The van der Waals surface area contributed by atoms with Gasteiger partial charge in [0.1, 0.15) is 0 Å². The number of benzene rings is 1. The molecule has 1 aromatic carbocycles. The summed E-state index contributed by atoms with van der Waals surface area (Å²) in [6, 6.07) is 6.15. The second kappa shape index (κ2) is 5.94. The Morgan fingerprint density at radius 1 is 1.33 bits per heavy atom. The zero-order valence-electron chi connectivity index (χ0n) is 10.6. The van der Waals surface area contributed by atoms with E-state index in [4.69, 9.17) is 0 Å². The van der Waals surface area contributed by atoms with Gasteiger partial charge in [-0.1, -0.05) is 6.07 Å². The minimum Gasteiger partial charge on any atom is -0.325 e. The summed E-state index contributed by atoms with van der Waals surface area (Å²) in [7, 11) is 1.10. The fourth-order valence-electron chi connectivity index (χ4n) is 1.31. The van der Waals surface area contributed by atoms with Gasteiger partial charge >= 0.3 is 0 Å². The number of carbonyl (C=O) groups excluding carboxylic acids is 1. The minimum atomic E-state index is -3.48. The average molecular weight is 271 g/mol. The molecule has 0 saturated carbocycles. The molecule has 1 aromatic rings. The molecular weight excluding hydrogens is 254 g/mol. The number of hydrogen-bond donors (Lipinski definition) is 2. The monoisotopic (exact) mass is 271 g/mol. The van der Waals surface area contributed by atoms with Gasteiger partial charge < -0.3 is 10.6 Å². The van der Waals surface area contributed by atoms with Crippen molar-refractivity contribution in [3.63, 3.8) is 0 Å². The van der Waals surface area contributed by atoms with E-state index in [2.05, 4.69) is 10.6 Å². The molecule has 0 heterocycles. The molecule has 0 aromatic heterocycles. The van der Waals surface area contributed by atoms with Crippen LogP contribution >= 0.6 is 0 Å². The lowest BCUT2D eigenvalue weighted by Gasteiger charge is -2.12. The van der Waals surface area contributed by atoms with Crippen molar-refractivity contribution in [2.45, 2.75) is 4.90 Å². The summed E-state index contributed by atoms with van der Waals surface area (Å²) in [6.07, 6.45) is 0. The Labute approximate surface area is 107 Å². The number of sulfonamides is 1. The van der Waals surface area contributed by atoms with E-state index in [1.165, 1.54) is 26.2 Å². The number of carbonyl (C=O) groups is 1. The quantitative estimate of drug-likeness (QED) is 0.796. The van der Waals surface area contributed by atoms with Crippen molar-refractivity contribution in [2.75, 3.05) is 33.0 Å². The van der Waals surface area contributed by atoms with Crippen LogP contribution in [0.1, 0.15) is 0 Å². The standard InChI is InChI=1S/C11H17N3O3S/c1-12-8-11(15)13-9-5-4-6-10(7-9)18(16,17)14(2)3/h4-7,12H,8H2,1-3H3,(H,13,15). The first-order valence-corrected chi connectivity index (χ1v) is 6.79. The highest BCUT2D eigenvalue weighted by atomic mass is 32.2. The second-order valence-corrected chi connectivity index (χ2v) is 6.05. The van der Waals surface area contributed by atoms with E-state index in [9.17, 15) is 13.2 Å². The number of nitrogens with one attached hydrogen (secondary N) is 2. The second-order valence-electron chi connectivity index (χ2n) is 3.89. The topological polar surface area (TPSA) is 78.5 Å². The van der Waals surface area contributed by atoms with Gasteiger partial charge in [0.05, 0.1) is 11.4 Å². The highest BCUT2D eigenvalue weighted by molar-refractivity contribution is 7.89. The van der Waals surface area contributed by atoms with Crippen molar-refractivity contribution in [3.8, 4) is 0 Å². The minimum absolute atomic E-state index is 0.148. The summed E-state index contributed by atoms with van der Waals surface area (Å²) >= 11 is 0. The molecule has 0 bridgehead atoms. The number of nitrogens with zero attached hydrogens (tertiary/aromatic N) is 1. The predicted molar refractivity (Wildman–Crippen MR) is 69.9 cm³/mol. The third-order valence-electron chi connectivity index (χ3n) is 2.23. The summed E-state index contributed by atoms with van der Waals surface area (Å²) in [5.41, 5.74) is 0.457. The maximum Gasteiger partial charge on any atom is 0.242 e. The van der Waals surface area contributed by atoms with Crippen LogP contribution in [0.5, 0.6) is 0 Å². The molecule has 0 fully saturated rings. The van der Waals surface area contributed by atoms with Crippen LogP contribution < -0.4 is 10.6 Å². The summed E-state index contributed by atoms with van der Waals surface area (Å²) in [6.45, 7) is 0.171. The van der Waals surface area contributed by atoms with Gasteiger partial charge in [0.2, 0.25) is 15.9 Å². The molecule has 0 aliphatic carbocycles. The lowest BCUT2D eigenvalue weighted by molar-refractivity contribution is -0.115. The molecule has 2 N–H and O–H groups in total. The van der Waals surface area contributed by atoms with E-state index >= 15 is 0 Å². The molecule has 0 aliphatic heterocycles. The molecule has 6 nitrogen and oxygen atoms in total. The predicted octanol–water partition coefficient (Wildman–Crippen LogP) is 0.0948.